The predicted octanol–water partition coefficient (Wildman–Crippen LogP) is 2.95. The van der Waals surface area contributed by atoms with Crippen molar-refractivity contribution in [3.05, 3.63) is 59.6 Å². The lowest BCUT2D eigenvalue weighted by Gasteiger charge is -2.05. The maximum Gasteiger partial charge on any atom is 0.147 e. The summed E-state index contributed by atoms with van der Waals surface area (Å²) < 4.78 is 4.44. The van der Waals surface area contributed by atoms with E-state index < -0.39 is 0 Å². The zero-order valence-corrected chi connectivity index (χ0v) is 13.0. The summed E-state index contributed by atoms with van der Waals surface area (Å²) in [5.41, 5.74) is 8.64. The van der Waals surface area contributed by atoms with Crippen molar-refractivity contribution in [2.75, 3.05) is 5.73 Å². The molecule has 0 saturated carbocycles. The Labute approximate surface area is 134 Å². The van der Waals surface area contributed by atoms with E-state index in [4.69, 9.17) is 5.73 Å². The fourth-order valence-corrected chi connectivity index (χ4v) is 2.92. The second-order valence-electron chi connectivity index (χ2n) is 4.81. The molecule has 0 aliphatic carbocycles. The quantitative estimate of drug-likeness (QED) is 0.600. The summed E-state index contributed by atoms with van der Waals surface area (Å²) in [5.74, 6) is 0.472. The summed E-state index contributed by atoms with van der Waals surface area (Å²) >= 11 is 3.45. The van der Waals surface area contributed by atoms with Crippen molar-refractivity contribution in [2.45, 2.75) is 0 Å². The zero-order chi connectivity index (χ0) is 15.1. The first-order valence-electron chi connectivity index (χ1n) is 6.62. The van der Waals surface area contributed by atoms with Gasteiger partial charge in [-0.2, -0.15) is 5.10 Å². The molecule has 3 aromatic heterocycles. The third-order valence-corrected chi connectivity index (χ3v) is 3.95. The largest absolute Gasteiger partial charge is 0.382 e. The molecule has 0 fully saturated rings. The molecule has 2 N–H and O–H groups in total. The van der Waals surface area contributed by atoms with Crippen LogP contribution in [-0.4, -0.2) is 24.5 Å². The Hall–Kier alpha value is -2.67. The Balaban J connectivity index is 1.85. The molecule has 0 radical (unpaired) electrons. The van der Waals surface area contributed by atoms with Gasteiger partial charge in [0, 0.05) is 23.8 Å². The number of benzene rings is 1. The lowest BCUT2D eigenvalue weighted by molar-refractivity contribution is 0.866. The van der Waals surface area contributed by atoms with E-state index in [0.29, 0.717) is 5.82 Å². The van der Waals surface area contributed by atoms with E-state index in [-0.39, 0.29) is 0 Å². The summed E-state index contributed by atoms with van der Waals surface area (Å²) in [6.07, 6.45) is 5.34. The zero-order valence-electron chi connectivity index (χ0n) is 11.4. The smallest absolute Gasteiger partial charge is 0.147 e. The minimum atomic E-state index is 0.472. The van der Waals surface area contributed by atoms with Crippen molar-refractivity contribution in [2.24, 2.45) is 0 Å². The lowest BCUT2D eigenvalue weighted by Crippen LogP contribution is -1.98. The average Bonchev–Trinajstić information content (AvgIpc) is 3.10. The van der Waals surface area contributed by atoms with Crippen LogP contribution in [0.1, 0.15) is 0 Å². The summed E-state index contributed by atoms with van der Waals surface area (Å²) in [6.45, 7) is 0. The van der Waals surface area contributed by atoms with Crippen LogP contribution in [0.4, 0.5) is 5.82 Å². The van der Waals surface area contributed by atoms with Crippen LogP contribution in [-0.2, 0) is 0 Å². The fraction of sp³-hybridized carbons (Fsp3) is 0. The highest BCUT2D eigenvalue weighted by atomic mass is 79.9. The van der Waals surface area contributed by atoms with E-state index in [1.54, 1.807) is 23.1 Å². The number of anilines is 1. The Kier molecular flexibility index (Phi) is 2.93. The molecule has 0 saturated heterocycles. The van der Waals surface area contributed by atoms with Gasteiger partial charge in [0.2, 0.25) is 0 Å². The average molecular weight is 355 g/mol. The molecule has 0 aliphatic rings. The van der Waals surface area contributed by atoms with E-state index in [0.717, 1.165) is 26.9 Å². The Morgan fingerprint density at radius 1 is 0.955 bits per heavy atom. The summed E-state index contributed by atoms with van der Waals surface area (Å²) in [7, 11) is 0. The molecular weight excluding hydrogens is 344 g/mol. The van der Waals surface area contributed by atoms with E-state index in [1.807, 2.05) is 41.2 Å². The normalized spacial score (nSPS) is 11.1. The molecular formula is C15H11BrN6. The van der Waals surface area contributed by atoms with Gasteiger partial charge in [-0.25, -0.2) is 9.36 Å². The van der Waals surface area contributed by atoms with Gasteiger partial charge in [-0.05, 0) is 46.3 Å². The van der Waals surface area contributed by atoms with Crippen LogP contribution in [0.3, 0.4) is 0 Å². The molecule has 0 spiro atoms. The molecule has 0 atom stereocenters. The van der Waals surface area contributed by atoms with Crippen LogP contribution < -0.4 is 5.73 Å². The van der Waals surface area contributed by atoms with Crippen LogP contribution in [0, 0.1) is 0 Å². The molecule has 7 heteroatoms. The Bertz CT molecular complexity index is 957. The summed E-state index contributed by atoms with van der Waals surface area (Å²) in [5, 5.41) is 9.74. The molecule has 108 valence electrons. The molecule has 22 heavy (non-hydrogen) atoms. The predicted molar refractivity (Wildman–Crippen MR) is 88.1 cm³/mol. The van der Waals surface area contributed by atoms with E-state index in [1.165, 1.54) is 0 Å². The monoisotopic (exact) mass is 354 g/mol. The minimum absolute atomic E-state index is 0.472. The number of rotatable bonds is 2. The number of hydrogen-bond acceptors (Lipinski definition) is 4. The van der Waals surface area contributed by atoms with Crippen molar-refractivity contribution in [1.29, 1.82) is 0 Å². The maximum absolute atomic E-state index is 5.73. The highest BCUT2D eigenvalue weighted by molar-refractivity contribution is 9.10. The number of pyridine rings is 1. The first-order valence-corrected chi connectivity index (χ1v) is 7.41. The van der Waals surface area contributed by atoms with E-state index in [9.17, 15) is 0 Å². The number of aromatic nitrogens is 5. The molecule has 3 heterocycles. The number of halogens is 1. The second-order valence-corrected chi connectivity index (χ2v) is 5.62. The van der Waals surface area contributed by atoms with Crippen molar-refractivity contribution in [3.63, 3.8) is 0 Å². The SMILES string of the molecule is Nc1cc(Br)n(-c2ccc3c(cnn3-c3ccncc3)c2)n1. The van der Waals surface area contributed by atoms with Crippen molar-refractivity contribution in [3.8, 4) is 11.4 Å². The van der Waals surface area contributed by atoms with Gasteiger partial charge in [0.1, 0.15) is 10.4 Å². The first-order chi connectivity index (χ1) is 10.7. The van der Waals surface area contributed by atoms with Crippen molar-refractivity contribution in [1.82, 2.24) is 24.5 Å². The van der Waals surface area contributed by atoms with Gasteiger partial charge in [-0.15, -0.1) is 5.10 Å². The Morgan fingerprint density at radius 2 is 1.77 bits per heavy atom. The molecule has 1 aromatic carbocycles. The van der Waals surface area contributed by atoms with Gasteiger partial charge in [0.05, 0.1) is 23.1 Å². The van der Waals surface area contributed by atoms with Gasteiger partial charge in [-0.1, -0.05) is 0 Å². The van der Waals surface area contributed by atoms with Gasteiger partial charge in [0.25, 0.3) is 0 Å². The number of nitrogens with two attached hydrogens (primary N) is 1. The topological polar surface area (TPSA) is 74.6 Å². The van der Waals surface area contributed by atoms with Crippen LogP contribution in [0.25, 0.3) is 22.3 Å². The maximum atomic E-state index is 5.73. The fourth-order valence-electron chi connectivity index (χ4n) is 2.40. The lowest BCUT2D eigenvalue weighted by atomic mass is 10.2. The molecule has 4 aromatic rings. The third-order valence-electron chi connectivity index (χ3n) is 3.39. The van der Waals surface area contributed by atoms with Gasteiger partial charge < -0.3 is 5.73 Å². The number of nitrogens with zero attached hydrogens (tertiary/aromatic N) is 5. The Morgan fingerprint density at radius 3 is 2.50 bits per heavy atom. The van der Waals surface area contributed by atoms with E-state index >= 15 is 0 Å². The minimum Gasteiger partial charge on any atom is -0.382 e. The van der Waals surface area contributed by atoms with Gasteiger partial charge >= 0.3 is 0 Å². The number of hydrogen-bond donors (Lipinski definition) is 1. The first kappa shape index (κ1) is 13.0. The van der Waals surface area contributed by atoms with Gasteiger partial charge in [-0.3, -0.25) is 4.98 Å². The molecule has 0 aliphatic heterocycles. The molecule has 0 unspecified atom stereocenters. The standard InChI is InChI=1S/C15H11BrN6/c16-14-8-15(17)20-22(14)12-1-2-13-10(7-12)9-19-21(13)11-3-5-18-6-4-11/h1-9H,(H2,17,20). The number of fused-ring (bicyclic) bond motifs is 1. The van der Waals surface area contributed by atoms with E-state index in [2.05, 4.69) is 31.1 Å². The highest BCUT2D eigenvalue weighted by Crippen LogP contribution is 2.24. The molecule has 4 rings (SSSR count). The summed E-state index contributed by atoms with van der Waals surface area (Å²) in [4.78, 5) is 4.03. The highest BCUT2D eigenvalue weighted by Gasteiger charge is 2.09. The third kappa shape index (κ3) is 2.06. The van der Waals surface area contributed by atoms with Crippen LogP contribution in [0.15, 0.2) is 59.6 Å². The van der Waals surface area contributed by atoms with Crippen LogP contribution >= 0.6 is 15.9 Å². The second kappa shape index (κ2) is 4.96. The van der Waals surface area contributed by atoms with Crippen molar-refractivity contribution >= 4 is 32.7 Å². The molecule has 6 nitrogen and oxygen atoms in total. The van der Waals surface area contributed by atoms with Crippen molar-refractivity contribution < 1.29 is 0 Å². The van der Waals surface area contributed by atoms with Gasteiger partial charge in [0.15, 0.2) is 0 Å². The molecule has 0 bridgehead atoms. The summed E-state index contributed by atoms with van der Waals surface area (Å²) in [6, 6.07) is 11.6. The molecule has 0 amide bonds. The van der Waals surface area contributed by atoms with Crippen LogP contribution in [0.5, 0.6) is 0 Å². The van der Waals surface area contributed by atoms with Crippen LogP contribution in [0.2, 0.25) is 0 Å². The number of nitrogen functional groups attached to an aromatic ring is 1.